The molecule has 0 spiro atoms. The van der Waals surface area contributed by atoms with Crippen molar-refractivity contribution in [2.24, 2.45) is 0 Å². The average Bonchev–Trinajstić information content (AvgIpc) is 3.07. The van der Waals surface area contributed by atoms with E-state index in [0.29, 0.717) is 42.8 Å². The molecule has 0 radical (unpaired) electrons. The Labute approximate surface area is 155 Å². The van der Waals surface area contributed by atoms with Gasteiger partial charge >= 0.3 is 0 Å². The van der Waals surface area contributed by atoms with Crippen LogP contribution in [0.15, 0.2) is 69.8 Å². The number of rotatable bonds is 2. The lowest BCUT2D eigenvalue weighted by Gasteiger charge is -2.05. The summed E-state index contributed by atoms with van der Waals surface area (Å²) < 4.78 is 14.6. The number of fused-ring (bicyclic) bond motifs is 6. The fourth-order valence-corrected chi connectivity index (χ4v) is 4.05. The number of hydrogen-bond donors (Lipinski definition) is 2. The lowest BCUT2D eigenvalue weighted by molar-refractivity contribution is -0.645. The number of benzene rings is 2. The van der Waals surface area contributed by atoms with Gasteiger partial charge in [0.25, 0.3) is 10.6 Å². The summed E-state index contributed by atoms with van der Waals surface area (Å²) in [6.07, 6.45) is 2.96. The summed E-state index contributed by atoms with van der Waals surface area (Å²) in [5.41, 5.74) is 0.993. The van der Waals surface area contributed by atoms with Crippen LogP contribution in [0.3, 0.4) is 0 Å². The SMILES string of the molecule is O=c1[nH]ccc2c3nc(Sc4cccc[n+]4[O-])[nH]c3c3ccc(F)cc3c12. The molecule has 2 aromatic carbocycles. The number of nitrogens with one attached hydrogen (secondary N) is 2. The molecule has 0 saturated carbocycles. The molecule has 0 fully saturated rings. The van der Waals surface area contributed by atoms with Crippen molar-refractivity contribution in [1.82, 2.24) is 15.0 Å². The third-order valence-electron chi connectivity index (χ3n) is 4.41. The molecule has 3 heterocycles. The molecule has 3 aromatic heterocycles. The molecule has 132 valence electrons. The Bertz CT molecular complexity index is 1410. The van der Waals surface area contributed by atoms with E-state index in [-0.39, 0.29) is 5.56 Å². The average molecular weight is 378 g/mol. The van der Waals surface area contributed by atoms with Crippen molar-refractivity contribution in [3.05, 3.63) is 76.2 Å². The van der Waals surface area contributed by atoms with Gasteiger partial charge in [-0.2, -0.15) is 4.73 Å². The fourth-order valence-electron chi connectivity index (χ4n) is 3.26. The first-order valence-electron chi connectivity index (χ1n) is 8.10. The molecule has 2 N–H and O–H groups in total. The third-order valence-corrected chi connectivity index (χ3v) is 5.32. The highest BCUT2D eigenvalue weighted by Gasteiger charge is 2.17. The van der Waals surface area contributed by atoms with Gasteiger partial charge in [-0.15, -0.1) is 0 Å². The molecule has 27 heavy (non-hydrogen) atoms. The van der Waals surface area contributed by atoms with Crippen molar-refractivity contribution in [2.75, 3.05) is 0 Å². The van der Waals surface area contributed by atoms with Gasteiger partial charge in [0, 0.05) is 46.3 Å². The maximum atomic E-state index is 13.9. The molecule has 0 amide bonds. The highest BCUT2D eigenvalue weighted by molar-refractivity contribution is 7.99. The van der Waals surface area contributed by atoms with Gasteiger partial charge in [-0.1, -0.05) is 0 Å². The molecule has 8 heteroatoms. The molecule has 5 aromatic rings. The number of imidazole rings is 1. The Morgan fingerprint density at radius 2 is 2.00 bits per heavy atom. The van der Waals surface area contributed by atoms with Crippen molar-refractivity contribution < 1.29 is 9.12 Å². The van der Waals surface area contributed by atoms with Gasteiger partial charge in [-0.25, -0.2) is 9.37 Å². The predicted octanol–water partition coefficient (Wildman–Crippen LogP) is 3.48. The number of halogens is 1. The maximum Gasteiger partial charge on any atom is 0.259 e. The highest BCUT2D eigenvalue weighted by Crippen LogP contribution is 2.34. The summed E-state index contributed by atoms with van der Waals surface area (Å²) in [7, 11) is 0. The van der Waals surface area contributed by atoms with Crippen LogP contribution in [0, 0.1) is 11.0 Å². The molecule has 0 bridgehead atoms. The van der Waals surface area contributed by atoms with E-state index < -0.39 is 5.82 Å². The molecular weight excluding hydrogens is 367 g/mol. The van der Waals surface area contributed by atoms with Gasteiger partial charge in [0.2, 0.25) is 0 Å². The molecule has 0 aliphatic heterocycles. The minimum atomic E-state index is -0.419. The van der Waals surface area contributed by atoms with Gasteiger partial charge < -0.3 is 15.2 Å². The standard InChI is InChI=1S/C19H11FN4O2S/c20-10-4-5-11-13(9-10)15-12(6-7-21-18(15)25)17-16(11)22-19(23-17)27-14-3-1-2-8-24(14)26/h1-9H,(H,21,25)(H,22,23). The van der Waals surface area contributed by atoms with E-state index in [2.05, 4.69) is 15.0 Å². The van der Waals surface area contributed by atoms with Crippen LogP contribution in [0.4, 0.5) is 4.39 Å². The number of hydrogen-bond acceptors (Lipinski definition) is 4. The lowest BCUT2D eigenvalue weighted by Crippen LogP contribution is -2.27. The van der Waals surface area contributed by atoms with Crippen molar-refractivity contribution >= 4 is 44.3 Å². The second-order valence-electron chi connectivity index (χ2n) is 6.02. The molecule has 6 nitrogen and oxygen atoms in total. The second kappa shape index (κ2) is 5.82. The van der Waals surface area contributed by atoms with Crippen LogP contribution in [0.5, 0.6) is 0 Å². The first-order valence-corrected chi connectivity index (χ1v) is 8.92. The quantitative estimate of drug-likeness (QED) is 0.280. The Balaban J connectivity index is 1.85. The van der Waals surface area contributed by atoms with E-state index in [1.165, 1.54) is 30.1 Å². The first-order chi connectivity index (χ1) is 13.1. The normalized spacial score (nSPS) is 11.6. The zero-order chi connectivity index (χ0) is 18.5. The molecule has 0 aliphatic rings. The van der Waals surface area contributed by atoms with Gasteiger partial charge in [0.05, 0.1) is 16.4 Å². The summed E-state index contributed by atoms with van der Waals surface area (Å²) in [5.74, 6) is -0.419. The Morgan fingerprint density at radius 3 is 2.85 bits per heavy atom. The van der Waals surface area contributed by atoms with Crippen LogP contribution in [-0.2, 0) is 0 Å². The molecule has 0 atom stereocenters. The monoisotopic (exact) mass is 378 g/mol. The Kier molecular flexibility index (Phi) is 3.41. The van der Waals surface area contributed by atoms with Gasteiger partial charge in [0.15, 0.2) is 11.4 Å². The predicted molar refractivity (Wildman–Crippen MR) is 101 cm³/mol. The van der Waals surface area contributed by atoms with Gasteiger partial charge in [-0.3, -0.25) is 4.79 Å². The van der Waals surface area contributed by atoms with E-state index in [1.54, 1.807) is 36.5 Å². The first kappa shape index (κ1) is 15.8. The second-order valence-corrected chi connectivity index (χ2v) is 7.03. The smallest absolute Gasteiger partial charge is 0.259 e. The maximum absolute atomic E-state index is 13.9. The third kappa shape index (κ3) is 2.45. The van der Waals surface area contributed by atoms with Crippen molar-refractivity contribution in [3.63, 3.8) is 0 Å². The molecule has 0 unspecified atom stereocenters. The highest BCUT2D eigenvalue weighted by atomic mass is 32.2. The van der Waals surface area contributed by atoms with E-state index in [4.69, 9.17) is 0 Å². The van der Waals surface area contributed by atoms with Crippen LogP contribution < -0.4 is 10.3 Å². The largest absolute Gasteiger partial charge is 0.618 e. The molecule has 5 rings (SSSR count). The van der Waals surface area contributed by atoms with Gasteiger partial charge in [0.1, 0.15) is 5.82 Å². The Hall–Kier alpha value is -3.39. The minimum absolute atomic E-state index is 0.303. The molecular formula is C19H11FN4O2S. The number of pyridine rings is 2. The van der Waals surface area contributed by atoms with E-state index in [0.717, 1.165) is 4.73 Å². The van der Waals surface area contributed by atoms with Crippen LogP contribution in [0.2, 0.25) is 0 Å². The lowest BCUT2D eigenvalue weighted by atomic mass is 10.0. The molecule has 0 aliphatic carbocycles. The minimum Gasteiger partial charge on any atom is -0.618 e. The summed E-state index contributed by atoms with van der Waals surface area (Å²) in [4.78, 5) is 22.9. The summed E-state index contributed by atoms with van der Waals surface area (Å²) in [6.45, 7) is 0. The van der Waals surface area contributed by atoms with Crippen LogP contribution >= 0.6 is 11.8 Å². The van der Waals surface area contributed by atoms with Crippen LogP contribution in [0.1, 0.15) is 0 Å². The Morgan fingerprint density at radius 1 is 1.11 bits per heavy atom. The zero-order valence-corrected chi connectivity index (χ0v) is 14.5. The topological polar surface area (TPSA) is 88.5 Å². The number of aromatic nitrogens is 4. The van der Waals surface area contributed by atoms with Gasteiger partial charge in [-0.05, 0) is 30.3 Å². The van der Waals surface area contributed by atoms with E-state index in [1.807, 2.05) is 0 Å². The summed E-state index contributed by atoms with van der Waals surface area (Å²) >= 11 is 1.19. The fraction of sp³-hybridized carbons (Fsp3) is 0. The van der Waals surface area contributed by atoms with Crippen molar-refractivity contribution in [3.8, 4) is 0 Å². The number of nitrogens with zero attached hydrogens (tertiary/aromatic N) is 2. The number of H-pyrrole nitrogens is 2. The summed E-state index contributed by atoms with van der Waals surface area (Å²) in [6, 6.07) is 11.2. The van der Waals surface area contributed by atoms with Crippen molar-refractivity contribution in [2.45, 2.75) is 10.2 Å². The van der Waals surface area contributed by atoms with E-state index >= 15 is 0 Å². The summed E-state index contributed by atoms with van der Waals surface area (Å²) in [5, 5.41) is 15.1. The van der Waals surface area contributed by atoms with Crippen LogP contribution in [-0.4, -0.2) is 15.0 Å². The molecule has 0 saturated heterocycles. The van der Waals surface area contributed by atoms with E-state index in [9.17, 15) is 14.4 Å². The number of aromatic amines is 2. The van der Waals surface area contributed by atoms with Crippen molar-refractivity contribution in [1.29, 1.82) is 0 Å². The zero-order valence-electron chi connectivity index (χ0n) is 13.7. The van der Waals surface area contributed by atoms with Crippen LogP contribution in [0.25, 0.3) is 32.6 Å².